The van der Waals surface area contributed by atoms with Crippen molar-refractivity contribution in [2.24, 2.45) is 0 Å². The van der Waals surface area contributed by atoms with Crippen molar-refractivity contribution in [3.8, 4) is 5.75 Å². The topological polar surface area (TPSA) is 46.5 Å². The Morgan fingerprint density at radius 2 is 1.45 bits per heavy atom. The van der Waals surface area contributed by atoms with Gasteiger partial charge in [0.25, 0.3) is 0 Å². The summed E-state index contributed by atoms with van der Waals surface area (Å²) in [6.07, 6.45) is 1.68. The van der Waals surface area contributed by atoms with E-state index in [2.05, 4.69) is 41.5 Å². The van der Waals surface area contributed by atoms with Crippen LogP contribution in [0.5, 0.6) is 5.75 Å². The number of carboxylic acid groups (broad SMARTS) is 1. The molecule has 0 saturated heterocycles. The zero-order chi connectivity index (χ0) is 17.3. The molecule has 22 heavy (non-hydrogen) atoms. The largest absolute Gasteiger partial charge is 0.497 e. The van der Waals surface area contributed by atoms with Gasteiger partial charge in [0.1, 0.15) is 5.75 Å². The molecule has 0 fully saturated rings. The van der Waals surface area contributed by atoms with E-state index in [9.17, 15) is 9.90 Å². The molecule has 0 radical (unpaired) electrons. The summed E-state index contributed by atoms with van der Waals surface area (Å²) in [6.45, 7) is 14.3. The molecular weight excluding hydrogens is 276 g/mol. The van der Waals surface area contributed by atoms with E-state index < -0.39 is 5.97 Å². The monoisotopic (exact) mass is 304 g/mol. The van der Waals surface area contributed by atoms with E-state index in [1.807, 2.05) is 12.1 Å². The number of allylic oxidation sites excluding steroid dienone is 1. The van der Waals surface area contributed by atoms with Crippen molar-refractivity contribution in [3.63, 3.8) is 0 Å². The molecule has 1 aromatic carbocycles. The normalized spacial score (nSPS) is 13.2. The summed E-state index contributed by atoms with van der Waals surface area (Å²) in [7, 11) is 1.64. The molecule has 1 aromatic rings. The van der Waals surface area contributed by atoms with Crippen LogP contribution in [0.1, 0.15) is 65.2 Å². The van der Waals surface area contributed by atoms with E-state index in [4.69, 9.17) is 4.74 Å². The van der Waals surface area contributed by atoms with Crippen LogP contribution in [0.15, 0.2) is 18.2 Å². The van der Waals surface area contributed by atoms with Gasteiger partial charge in [0.2, 0.25) is 0 Å². The first-order chi connectivity index (χ1) is 9.93. The van der Waals surface area contributed by atoms with Crippen LogP contribution in [0, 0.1) is 0 Å². The predicted molar refractivity (Wildman–Crippen MR) is 91.7 cm³/mol. The second-order valence-electron chi connectivity index (χ2n) is 7.61. The smallest absolute Gasteiger partial charge is 0.335 e. The lowest BCUT2D eigenvalue weighted by molar-refractivity contribution is -0.130. The highest BCUT2D eigenvalue weighted by Gasteiger charge is 2.30. The number of hydrogen-bond donors (Lipinski definition) is 1. The molecule has 0 atom stereocenters. The second-order valence-corrected chi connectivity index (χ2v) is 7.61. The molecule has 0 unspecified atom stereocenters. The van der Waals surface area contributed by atoms with Crippen molar-refractivity contribution in [2.75, 3.05) is 7.11 Å². The summed E-state index contributed by atoms with van der Waals surface area (Å²) < 4.78 is 5.45. The quantitative estimate of drug-likeness (QED) is 0.818. The summed E-state index contributed by atoms with van der Waals surface area (Å²) in [4.78, 5) is 11.7. The van der Waals surface area contributed by atoms with Crippen molar-refractivity contribution in [1.82, 2.24) is 0 Å². The summed E-state index contributed by atoms with van der Waals surface area (Å²) in [5, 5.41) is 9.63. The number of methoxy groups -OCH3 is 1. The predicted octanol–water partition coefficient (Wildman–Crippen LogP) is 4.78. The Kier molecular flexibility index (Phi) is 5.11. The van der Waals surface area contributed by atoms with Crippen LogP contribution in [0.4, 0.5) is 0 Å². The zero-order valence-electron chi connectivity index (χ0n) is 15.0. The van der Waals surface area contributed by atoms with Crippen molar-refractivity contribution < 1.29 is 14.6 Å². The number of ether oxygens (including phenoxy) is 1. The minimum Gasteiger partial charge on any atom is -0.497 e. The minimum absolute atomic E-state index is 0.187. The summed E-state index contributed by atoms with van der Waals surface area (Å²) in [5.74, 6) is -0.136. The molecule has 0 aromatic heterocycles. The average molecular weight is 304 g/mol. The second kappa shape index (κ2) is 6.15. The molecule has 122 valence electrons. The molecule has 0 heterocycles. The first-order valence-corrected chi connectivity index (χ1v) is 7.56. The Balaban J connectivity index is 3.94. The van der Waals surface area contributed by atoms with Crippen molar-refractivity contribution in [1.29, 1.82) is 0 Å². The van der Waals surface area contributed by atoms with E-state index in [1.54, 1.807) is 20.1 Å². The van der Waals surface area contributed by atoms with Gasteiger partial charge in [-0.1, -0.05) is 47.6 Å². The highest BCUT2D eigenvalue weighted by Crippen LogP contribution is 2.40. The molecule has 0 aliphatic rings. The fraction of sp³-hybridized carbons (Fsp3) is 0.526. The van der Waals surface area contributed by atoms with E-state index in [0.29, 0.717) is 5.57 Å². The van der Waals surface area contributed by atoms with Crippen LogP contribution in [-0.4, -0.2) is 18.2 Å². The lowest BCUT2D eigenvalue weighted by Crippen LogP contribution is -2.22. The first-order valence-electron chi connectivity index (χ1n) is 7.56. The maximum atomic E-state index is 11.7. The van der Waals surface area contributed by atoms with Gasteiger partial charge in [0, 0.05) is 0 Å². The highest BCUT2D eigenvalue weighted by molar-refractivity contribution is 6.16. The van der Waals surface area contributed by atoms with Gasteiger partial charge < -0.3 is 9.84 Å². The molecule has 1 rings (SSSR count). The van der Waals surface area contributed by atoms with Crippen LogP contribution >= 0.6 is 0 Å². The third-order valence-corrected chi connectivity index (χ3v) is 3.75. The number of benzene rings is 1. The first kappa shape index (κ1) is 18.3. The maximum Gasteiger partial charge on any atom is 0.335 e. The van der Waals surface area contributed by atoms with Gasteiger partial charge in [-0.2, -0.15) is 0 Å². The standard InChI is InChI=1S/C19H28O3/c1-9-13(17(20)21)16-14(18(2,3)4)10-12(22-8)11-15(16)19(5,6)7/h9-11H,1-8H3,(H,20,21). The van der Waals surface area contributed by atoms with Crippen LogP contribution in [-0.2, 0) is 15.6 Å². The van der Waals surface area contributed by atoms with E-state index in [1.165, 1.54) is 0 Å². The summed E-state index contributed by atoms with van der Waals surface area (Å²) >= 11 is 0. The number of carboxylic acids is 1. The van der Waals surface area contributed by atoms with Crippen LogP contribution in [0.3, 0.4) is 0 Å². The Hall–Kier alpha value is -1.77. The number of hydrogen-bond acceptors (Lipinski definition) is 2. The Bertz CT molecular complexity index is 561. The lowest BCUT2D eigenvalue weighted by atomic mass is 9.74. The fourth-order valence-corrected chi connectivity index (χ4v) is 2.58. The van der Waals surface area contributed by atoms with Crippen LogP contribution < -0.4 is 4.74 Å². The van der Waals surface area contributed by atoms with Gasteiger partial charge in [0.05, 0.1) is 12.7 Å². The van der Waals surface area contributed by atoms with E-state index in [0.717, 1.165) is 22.4 Å². The molecule has 3 heteroatoms. The summed E-state index contributed by atoms with van der Waals surface area (Å²) in [5.41, 5.74) is 2.77. The third kappa shape index (κ3) is 3.70. The maximum absolute atomic E-state index is 11.7. The van der Waals surface area contributed by atoms with E-state index >= 15 is 0 Å². The molecule has 3 nitrogen and oxygen atoms in total. The fourth-order valence-electron chi connectivity index (χ4n) is 2.58. The molecule has 0 amide bonds. The Morgan fingerprint density at radius 1 is 1.05 bits per heavy atom. The molecule has 0 aliphatic heterocycles. The number of rotatable bonds is 3. The zero-order valence-corrected chi connectivity index (χ0v) is 15.0. The van der Waals surface area contributed by atoms with Crippen molar-refractivity contribution >= 4 is 11.5 Å². The van der Waals surface area contributed by atoms with Crippen molar-refractivity contribution in [2.45, 2.75) is 59.3 Å². The third-order valence-electron chi connectivity index (χ3n) is 3.75. The molecule has 0 bridgehead atoms. The lowest BCUT2D eigenvalue weighted by Gasteiger charge is -2.31. The summed E-state index contributed by atoms with van der Waals surface area (Å²) in [6, 6.07) is 3.91. The molecule has 1 N–H and O–H groups in total. The molecule has 0 spiro atoms. The minimum atomic E-state index is -0.899. The van der Waals surface area contributed by atoms with Gasteiger partial charge in [-0.05, 0) is 46.6 Å². The van der Waals surface area contributed by atoms with Crippen molar-refractivity contribution in [3.05, 3.63) is 34.9 Å². The van der Waals surface area contributed by atoms with Gasteiger partial charge in [-0.25, -0.2) is 4.79 Å². The Morgan fingerprint density at radius 3 is 1.68 bits per heavy atom. The average Bonchev–Trinajstić information content (AvgIpc) is 2.36. The molecule has 0 saturated carbocycles. The molecule has 0 aliphatic carbocycles. The number of aliphatic carboxylic acids is 1. The van der Waals surface area contributed by atoms with Gasteiger partial charge in [0.15, 0.2) is 0 Å². The van der Waals surface area contributed by atoms with E-state index in [-0.39, 0.29) is 10.8 Å². The van der Waals surface area contributed by atoms with Crippen LogP contribution in [0.2, 0.25) is 0 Å². The SMILES string of the molecule is CC=C(C(=O)O)c1c(C(C)(C)C)cc(OC)cc1C(C)(C)C. The number of carbonyl (C=O) groups is 1. The molecular formula is C19H28O3. The van der Waals surface area contributed by atoms with Gasteiger partial charge in [-0.3, -0.25) is 0 Å². The highest BCUT2D eigenvalue weighted by atomic mass is 16.5. The Labute approximate surface area is 134 Å². The van der Waals surface area contributed by atoms with Crippen LogP contribution in [0.25, 0.3) is 5.57 Å². The van der Waals surface area contributed by atoms with Gasteiger partial charge >= 0.3 is 5.97 Å². The van der Waals surface area contributed by atoms with Gasteiger partial charge in [-0.15, -0.1) is 0 Å².